The van der Waals surface area contributed by atoms with E-state index in [-0.39, 0.29) is 37.5 Å². The van der Waals surface area contributed by atoms with Gasteiger partial charge in [0, 0.05) is 25.0 Å². The molecule has 13 nitrogen and oxygen atoms in total. The van der Waals surface area contributed by atoms with Gasteiger partial charge in [0.25, 0.3) is 0 Å². The Balaban J connectivity index is 3.28. The van der Waals surface area contributed by atoms with Crippen molar-refractivity contribution in [2.45, 2.75) is 104 Å². The van der Waals surface area contributed by atoms with E-state index >= 15 is 0 Å². The molecule has 1 aromatic carbocycles. The molecule has 256 valence electrons. The molecule has 13 heteroatoms. The molecule has 0 radical (unpaired) electrons. The summed E-state index contributed by atoms with van der Waals surface area (Å²) in [5.41, 5.74) is 5.28. The molecular weight excluding hydrogens is 594 g/mol. The molecule has 0 aliphatic rings. The van der Waals surface area contributed by atoms with Gasteiger partial charge in [0.2, 0.25) is 23.6 Å². The molecule has 0 heterocycles. The van der Waals surface area contributed by atoms with E-state index in [4.69, 9.17) is 10.5 Å². The Labute approximate surface area is 271 Å². The van der Waals surface area contributed by atoms with Crippen LogP contribution in [0.5, 0.6) is 0 Å². The van der Waals surface area contributed by atoms with Gasteiger partial charge in [-0.3, -0.25) is 19.2 Å². The van der Waals surface area contributed by atoms with Crippen LogP contribution in [0.1, 0.15) is 73.3 Å². The number of hydrogen-bond donors (Lipinski definition) is 5. The Hall–Kier alpha value is -4.42. The minimum Gasteiger partial charge on any atom is -0.466 e. The Morgan fingerprint density at radius 2 is 1.43 bits per heavy atom. The largest absolute Gasteiger partial charge is 0.466 e. The first-order valence-electron chi connectivity index (χ1n) is 15.4. The summed E-state index contributed by atoms with van der Waals surface area (Å²) in [4.78, 5) is 76.3. The molecule has 0 fully saturated rings. The predicted octanol–water partition coefficient (Wildman–Crippen LogP) is 2.27. The van der Waals surface area contributed by atoms with Crippen LogP contribution in [-0.4, -0.2) is 72.6 Å². The van der Waals surface area contributed by atoms with Crippen LogP contribution in [0.3, 0.4) is 0 Å². The van der Waals surface area contributed by atoms with Crippen molar-refractivity contribution in [1.29, 1.82) is 0 Å². The molecule has 0 aliphatic carbocycles. The summed E-state index contributed by atoms with van der Waals surface area (Å²) in [5, 5.41) is 10.9. The number of rotatable bonds is 17. The predicted molar refractivity (Wildman–Crippen MR) is 173 cm³/mol. The molecule has 0 unspecified atom stereocenters. The summed E-state index contributed by atoms with van der Waals surface area (Å²) >= 11 is 0. The Morgan fingerprint density at radius 3 is 1.96 bits per heavy atom. The van der Waals surface area contributed by atoms with E-state index < -0.39 is 65.5 Å². The van der Waals surface area contributed by atoms with Crippen LogP contribution in [0.25, 0.3) is 0 Å². The van der Waals surface area contributed by atoms with E-state index in [0.717, 1.165) is 11.6 Å². The number of carbonyl (C=O) groups excluding carboxylic acids is 6. The zero-order valence-electron chi connectivity index (χ0n) is 28.2. The summed E-state index contributed by atoms with van der Waals surface area (Å²) in [6, 6.07) is 5.13. The van der Waals surface area contributed by atoms with Crippen molar-refractivity contribution >= 4 is 35.7 Å². The number of ether oxygens (including phenoxy) is 2. The van der Waals surface area contributed by atoms with Crippen molar-refractivity contribution in [3.8, 4) is 0 Å². The van der Waals surface area contributed by atoms with Gasteiger partial charge in [0.1, 0.15) is 23.7 Å². The van der Waals surface area contributed by atoms with Gasteiger partial charge in [-0.05, 0) is 51.0 Å². The van der Waals surface area contributed by atoms with E-state index in [9.17, 15) is 28.8 Å². The average Bonchev–Trinajstić information content (AvgIpc) is 2.95. The zero-order valence-corrected chi connectivity index (χ0v) is 28.2. The molecule has 4 atom stereocenters. The SMILES string of the molecule is COC(=O)/C=C/[C@H](CCC(N)=O)NC(=O)[C@H](Cc1ccccc1)NC(=O)[C@H](CC(C)C)NC(=O)[C@@H](NC(=O)OC(C)(C)C)C(C)C. The topological polar surface area (TPSA) is 195 Å². The second kappa shape index (κ2) is 19.2. The third-order valence-electron chi connectivity index (χ3n) is 6.57. The molecule has 46 heavy (non-hydrogen) atoms. The number of carbonyl (C=O) groups is 6. The van der Waals surface area contributed by atoms with Crippen LogP contribution in [0, 0.1) is 11.8 Å². The molecule has 1 aromatic rings. The first-order valence-corrected chi connectivity index (χ1v) is 15.4. The van der Waals surface area contributed by atoms with E-state index in [0.29, 0.717) is 0 Å². The summed E-state index contributed by atoms with van der Waals surface area (Å²) in [7, 11) is 1.21. The van der Waals surface area contributed by atoms with Gasteiger partial charge in [-0.15, -0.1) is 0 Å². The molecule has 0 saturated heterocycles. The van der Waals surface area contributed by atoms with Crippen LogP contribution in [0.4, 0.5) is 4.79 Å². The highest BCUT2D eigenvalue weighted by Crippen LogP contribution is 2.12. The van der Waals surface area contributed by atoms with Crippen LogP contribution in [0.2, 0.25) is 0 Å². The number of esters is 1. The number of methoxy groups -OCH3 is 1. The van der Waals surface area contributed by atoms with Gasteiger partial charge in [-0.25, -0.2) is 9.59 Å². The fourth-order valence-corrected chi connectivity index (χ4v) is 4.33. The highest BCUT2D eigenvalue weighted by molar-refractivity contribution is 5.94. The summed E-state index contributed by atoms with van der Waals surface area (Å²) in [6.45, 7) is 12.4. The quantitative estimate of drug-likeness (QED) is 0.126. The molecule has 0 bridgehead atoms. The van der Waals surface area contributed by atoms with E-state index in [2.05, 4.69) is 26.0 Å². The van der Waals surface area contributed by atoms with Gasteiger partial charge >= 0.3 is 12.1 Å². The molecule has 0 saturated carbocycles. The monoisotopic (exact) mass is 645 g/mol. The molecular formula is C33H51N5O8. The van der Waals surface area contributed by atoms with Crippen molar-refractivity contribution in [2.75, 3.05) is 7.11 Å². The minimum atomic E-state index is -1.09. The Bertz CT molecular complexity index is 1210. The molecule has 6 N–H and O–H groups in total. The smallest absolute Gasteiger partial charge is 0.408 e. The van der Waals surface area contributed by atoms with Crippen LogP contribution >= 0.6 is 0 Å². The summed E-state index contributed by atoms with van der Waals surface area (Å²) in [6.07, 6.45) is 2.15. The minimum absolute atomic E-state index is 0.0181. The van der Waals surface area contributed by atoms with Crippen LogP contribution < -0.4 is 27.0 Å². The number of nitrogens with one attached hydrogen (secondary N) is 4. The number of nitrogens with two attached hydrogens (primary N) is 1. The lowest BCUT2D eigenvalue weighted by Gasteiger charge is -2.28. The number of hydrogen-bond acceptors (Lipinski definition) is 8. The lowest BCUT2D eigenvalue weighted by atomic mass is 9.99. The van der Waals surface area contributed by atoms with Crippen molar-refractivity contribution < 1.29 is 38.2 Å². The average molecular weight is 646 g/mol. The lowest BCUT2D eigenvalue weighted by Crippen LogP contribution is -2.58. The highest BCUT2D eigenvalue weighted by Gasteiger charge is 2.32. The first kappa shape index (κ1) is 39.6. The normalized spacial score (nSPS) is 14.1. The molecule has 1 rings (SSSR count). The maximum atomic E-state index is 13.7. The lowest BCUT2D eigenvalue weighted by molar-refractivity contribution is -0.135. The van der Waals surface area contributed by atoms with Crippen LogP contribution in [-0.2, 0) is 39.9 Å². The fourth-order valence-electron chi connectivity index (χ4n) is 4.33. The van der Waals surface area contributed by atoms with Crippen molar-refractivity contribution in [1.82, 2.24) is 21.3 Å². The maximum Gasteiger partial charge on any atom is 0.408 e. The number of primary amides is 1. The van der Waals surface area contributed by atoms with Crippen molar-refractivity contribution in [3.63, 3.8) is 0 Å². The van der Waals surface area contributed by atoms with Crippen LogP contribution in [0.15, 0.2) is 42.5 Å². The highest BCUT2D eigenvalue weighted by atomic mass is 16.6. The van der Waals surface area contributed by atoms with Gasteiger partial charge in [0.15, 0.2) is 0 Å². The third-order valence-corrected chi connectivity index (χ3v) is 6.57. The van der Waals surface area contributed by atoms with E-state index in [1.54, 1.807) is 58.9 Å². The van der Waals surface area contributed by atoms with Crippen molar-refractivity contribution in [2.24, 2.45) is 17.6 Å². The molecule has 0 aliphatic heterocycles. The second-order valence-corrected chi connectivity index (χ2v) is 12.8. The Kier molecular flexibility index (Phi) is 16.5. The number of alkyl carbamates (subject to hydrolysis) is 1. The van der Waals surface area contributed by atoms with E-state index in [1.165, 1.54) is 13.2 Å². The number of benzene rings is 1. The molecule has 5 amide bonds. The maximum absolute atomic E-state index is 13.7. The van der Waals surface area contributed by atoms with Gasteiger partial charge in [0.05, 0.1) is 7.11 Å². The summed E-state index contributed by atoms with van der Waals surface area (Å²) in [5.74, 6) is -3.35. The standard InChI is InChI=1S/C33H51N5O8/c1-20(2)18-24(37-31(43)28(21(3)4)38-32(44)46-33(5,6)7)30(42)36-25(19-22-12-10-9-11-13-22)29(41)35-23(14-16-26(34)39)15-17-27(40)45-8/h9-13,15,17,20-21,23-25,28H,14,16,18-19H2,1-8H3,(H2,34,39)(H,35,41)(H,36,42)(H,37,43)(H,38,44)/b17-15+/t23-,24-,25-,28-/m0/s1. The summed E-state index contributed by atoms with van der Waals surface area (Å²) < 4.78 is 9.93. The van der Waals surface area contributed by atoms with Gasteiger partial charge in [-0.2, -0.15) is 0 Å². The van der Waals surface area contributed by atoms with E-state index in [1.807, 2.05) is 19.9 Å². The van der Waals surface area contributed by atoms with Crippen molar-refractivity contribution in [3.05, 3.63) is 48.0 Å². The third kappa shape index (κ3) is 16.1. The first-order chi connectivity index (χ1) is 21.4. The Morgan fingerprint density at radius 1 is 0.848 bits per heavy atom. The van der Waals surface area contributed by atoms with Gasteiger partial charge < -0.3 is 36.5 Å². The second-order valence-electron chi connectivity index (χ2n) is 12.8. The van der Waals surface area contributed by atoms with Gasteiger partial charge in [-0.1, -0.05) is 64.1 Å². The zero-order chi connectivity index (χ0) is 35.0. The number of amides is 5. The molecule has 0 aromatic heterocycles. The molecule has 0 spiro atoms. The fraction of sp³-hybridized carbons (Fsp3) is 0.576.